The number of carbonyl (C=O) groups excluding carboxylic acids is 2. The molecule has 0 unspecified atom stereocenters. The Labute approximate surface area is 136 Å². The molecule has 4 rings (SSSR count). The van der Waals surface area contributed by atoms with Crippen molar-refractivity contribution in [2.24, 2.45) is 23.7 Å². The van der Waals surface area contributed by atoms with E-state index in [9.17, 15) is 9.59 Å². The predicted molar refractivity (Wildman–Crippen MR) is 81.7 cm³/mol. The second-order valence-corrected chi connectivity index (χ2v) is 6.93. The molecular formula is C15H10Cl3NO2. The Bertz CT molecular complexity index is 662. The van der Waals surface area contributed by atoms with Crippen LogP contribution in [0.1, 0.15) is 6.42 Å². The van der Waals surface area contributed by atoms with Crippen molar-refractivity contribution in [1.82, 2.24) is 0 Å². The van der Waals surface area contributed by atoms with E-state index in [2.05, 4.69) is 12.2 Å². The number of carbonyl (C=O) groups is 2. The Hall–Kier alpha value is -1.03. The minimum Gasteiger partial charge on any atom is -0.274 e. The molecule has 1 heterocycles. The maximum absolute atomic E-state index is 12.6. The Morgan fingerprint density at radius 2 is 1.38 bits per heavy atom. The van der Waals surface area contributed by atoms with Gasteiger partial charge < -0.3 is 0 Å². The molecule has 1 saturated carbocycles. The topological polar surface area (TPSA) is 37.4 Å². The average molecular weight is 343 g/mol. The lowest BCUT2D eigenvalue weighted by atomic mass is 9.85. The van der Waals surface area contributed by atoms with Crippen LogP contribution in [0.5, 0.6) is 0 Å². The third-order valence-electron chi connectivity index (χ3n) is 4.70. The molecule has 1 aliphatic heterocycles. The summed E-state index contributed by atoms with van der Waals surface area (Å²) in [4.78, 5) is 26.5. The molecule has 0 spiro atoms. The lowest BCUT2D eigenvalue weighted by Crippen LogP contribution is -2.32. The van der Waals surface area contributed by atoms with Gasteiger partial charge in [0.15, 0.2) is 0 Å². The molecule has 1 aromatic rings. The summed E-state index contributed by atoms with van der Waals surface area (Å²) in [6.07, 6.45) is 5.02. The van der Waals surface area contributed by atoms with Gasteiger partial charge in [-0.2, -0.15) is 0 Å². The number of rotatable bonds is 1. The van der Waals surface area contributed by atoms with E-state index in [4.69, 9.17) is 34.8 Å². The van der Waals surface area contributed by atoms with Crippen molar-refractivity contribution in [2.45, 2.75) is 6.42 Å². The van der Waals surface area contributed by atoms with Crippen LogP contribution in [0.2, 0.25) is 15.1 Å². The van der Waals surface area contributed by atoms with Crippen molar-refractivity contribution < 1.29 is 9.59 Å². The number of halogens is 3. The second-order valence-electron chi connectivity index (χ2n) is 5.74. The molecule has 6 heteroatoms. The first-order valence-electron chi connectivity index (χ1n) is 6.69. The van der Waals surface area contributed by atoms with E-state index >= 15 is 0 Å². The maximum atomic E-state index is 12.6. The van der Waals surface area contributed by atoms with Gasteiger partial charge in [-0.25, -0.2) is 4.90 Å². The van der Waals surface area contributed by atoms with Gasteiger partial charge in [0.05, 0.1) is 32.6 Å². The van der Waals surface area contributed by atoms with E-state index in [-0.39, 0.29) is 50.6 Å². The van der Waals surface area contributed by atoms with E-state index in [0.29, 0.717) is 5.69 Å². The summed E-state index contributed by atoms with van der Waals surface area (Å²) in [5.41, 5.74) is 0.401. The molecule has 1 saturated heterocycles. The number of nitrogens with zero attached hydrogens (tertiary/aromatic N) is 1. The van der Waals surface area contributed by atoms with Crippen LogP contribution >= 0.6 is 34.8 Å². The van der Waals surface area contributed by atoms with Crippen molar-refractivity contribution >= 4 is 52.3 Å². The summed E-state index contributed by atoms with van der Waals surface area (Å²) >= 11 is 17.9. The highest BCUT2D eigenvalue weighted by Crippen LogP contribution is 2.53. The normalized spacial score (nSPS) is 33.2. The third kappa shape index (κ3) is 1.74. The number of benzene rings is 1. The van der Waals surface area contributed by atoms with Crippen LogP contribution in [0.3, 0.4) is 0 Å². The molecule has 2 fully saturated rings. The van der Waals surface area contributed by atoms with Gasteiger partial charge in [-0.15, -0.1) is 0 Å². The van der Waals surface area contributed by atoms with Gasteiger partial charge in [-0.05, 0) is 30.4 Å². The number of hydrogen-bond donors (Lipinski definition) is 0. The van der Waals surface area contributed by atoms with Crippen molar-refractivity contribution in [2.75, 3.05) is 4.90 Å². The van der Waals surface area contributed by atoms with Crippen LogP contribution in [0.15, 0.2) is 24.3 Å². The van der Waals surface area contributed by atoms with Gasteiger partial charge in [-0.3, -0.25) is 9.59 Å². The first-order valence-corrected chi connectivity index (χ1v) is 7.83. The highest BCUT2D eigenvalue weighted by Gasteiger charge is 2.59. The summed E-state index contributed by atoms with van der Waals surface area (Å²) in [6.45, 7) is 0. The van der Waals surface area contributed by atoms with Crippen LogP contribution in [-0.4, -0.2) is 11.8 Å². The fourth-order valence-corrected chi connectivity index (χ4v) is 4.41. The zero-order valence-corrected chi connectivity index (χ0v) is 13.0. The molecule has 2 amide bonds. The van der Waals surface area contributed by atoms with Crippen LogP contribution in [0.4, 0.5) is 5.69 Å². The van der Waals surface area contributed by atoms with Crippen molar-refractivity contribution in [3.8, 4) is 0 Å². The summed E-state index contributed by atoms with van der Waals surface area (Å²) in [6, 6.07) is 3.03. The number of fused-ring (bicyclic) bond motifs is 5. The number of hydrogen-bond acceptors (Lipinski definition) is 2. The molecule has 4 atom stereocenters. The van der Waals surface area contributed by atoms with Crippen LogP contribution in [0, 0.1) is 23.7 Å². The Kier molecular flexibility index (Phi) is 2.91. The van der Waals surface area contributed by atoms with E-state index in [1.807, 2.05) is 0 Å². The lowest BCUT2D eigenvalue weighted by Gasteiger charge is -2.18. The SMILES string of the molecule is O=C1[C@@H]2[C@@H](C(=O)N1c1cc(Cl)c(Cl)c(Cl)c1)[C@H]1C=C[C@@H]2C1. The molecule has 1 aromatic carbocycles. The molecule has 21 heavy (non-hydrogen) atoms. The minimum absolute atomic E-state index is 0.156. The van der Waals surface area contributed by atoms with E-state index < -0.39 is 0 Å². The van der Waals surface area contributed by atoms with Crippen molar-refractivity contribution in [3.05, 3.63) is 39.4 Å². The highest BCUT2D eigenvalue weighted by molar-refractivity contribution is 6.48. The average Bonchev–Trinajstić information content (AvgIpc) is 3.10. The number of anilines is 1. The first-order chi connectivity index (χ1) is 9.99. The Balaban J connectivity index is 1.78. The van der Waals surface area contributed by atoms with Gasteiger partial charge >= 0.3 is 0 Å². The number of imide groups is 1. The summed E-state index contributed by atoms with van der Waals surface area (Å²) in [7, 11) is 0. The molecule has 0 aromatic heterocycles. The molecular weight excluding hydrogens is 333 g/mol. The molecule has 2 bridgehead atoms. The molecule has 3 aliphatic rings. The van der Waals surface area contributed by atoms with Gasteiger partial charge in [0, 0.05) is 0 Å². The van der Waals surface area contributed by atoms with Crippen LogP contribution < -0.4 is 4.90 Å². The van der Waals surface area contributed by atoms with Gasteiger partial charge in [0.25, 0.3) is 0 Å². The molecule has 0 radical (unpaired) electrons. The fourth-order valence-electron chi connectivity index (χ4n) is 3.83. The smallest absolute Gasteiger partial charge is 0.238 e. The highest BCUT2D eigenvalue weighted by atomic mass is 35.5. The predicted octanol–water partition coefficient (Wildman–Crippen LogP) is 3.96. The van der Waals surface area contributed by atoms with Crippen molar-refractivity contribution in [1.29, 1.82) is 0 Å². The second kappa shape index (κ2) is 4.48. The Morgan fingerprint density at radius 3 is 1.86 bits per heavy atom. The summed E-state index contributed by atoms with van der Waals surface area (Å²) in [5.74, 6) is -0.423. The first kappa shape index (κ1) is 13.6. The largest absolute Gasteiger partial charge is 0.274 e. The van der Waals surface area contributed by atoms with Crippen LogP contribution in [0.25, 0.3) is 0 Å². The van der Waals surface area contributed by atoms with Crippen molar-refractivity contribution in [3.63, 3.8) is 0 Å². The monoisotopic (exact) mass is 341 g/mol. The molecule has 3 nitrogen and oxygen atoms in total. The van der Waals surface area contributed by atoms with E-state index in [1.54, 1.807) is 0 Å². The fraction of sp³-hybridized carbons (Fsp3) is 0.333. The standard InChI is InChI=1S/C15H10Cl3NO2/c16-9-4-8(5-10(17)13(9)18)19-14(20)11-6-1-2-7(3-6)12(11)15(19)21/h1-2,4-7,11-12H,3H2/t6-,7+,11-,12-/m0/s1. The Morgan fingerprint density at radius 1 is 0.905 bits per heavy atom. The molecule has 108 valence electrons. The van der Waals surface area contributed by atoms with Crippen LogP contribution in [-0.2, 0) is 9.59 Å². The van der Waals surface area contributed by atoms with Gasteiger partial charge in [-0.1, -0.05) is 47.0 Å². The summed E-state index contributed by atoms with van der Waals surface area (Å²) in [5, 5.41) is 0.693. The summed E-state index contributed by atoms with van der Waals surface area (Å²) < 4.78 is 0. The zero-order chi connectivity index (χ0) is 14.9. The maximum Gasteiger partial charge on any atom is 0.238 e. The minimum atomic E-state index is -0.235. The van der Waals surface area contributed by atoms with E-state index in [0.717, 1.165) is 6.42 Å². The molecule has 0 N–H and O–H groups in total. The van der Waals surface area contributed by atoms with Gasteiger partial charge in [0.2, 0.25) is 11.8 Å². The number of amides is 2. The zero-order valence-electron chi connectivity index (χ0n) is 10.7. The van der Waals surface area contributed by atoms with E-state index in [1.165, 1.54) is 17.0 Å². The third-order valence-corrected chi connectivity index (χ3v) is 5.89. The lowest BCUT2D eigenvalue weighted by molar-refractivity contribution is -0.123. The van der Waals surface area contributed by atoms with Gasteiger partial charge in [0.1, 0.15) is 0 Å². The number of allylic oxidation sites excluding steroid dienone is 2. The molecule has 2 aliphatic carbocycles. The quantitative estimate of drug-likeness (QED) is 0.440.